The van der Waals surface area contributed by atoms with Crippen LogP contribution in [0.5, 0.6) is 0 Å². The third-order valence-electron chi connectivity index (χ3n) is 2.36. The van der Waals surface area contributed by atoms with Gasteiger partial charge in [-0.1, -0.05) is 6.92 Å². The SMILES string of the molecule is CC(CCl)CS(=O)(=O)N(C)CCCCCO. The second-order valence-corrected chi connectivity index (χ2v) is 6.57. The molecule has 0 rings (SSSR count). The van der Waals surface area contributed by atoms with Crippen molar-refractivity contribution in [3.63, 3.8) is 0 Å². The van der Waals surface area contributed by atoms with Gasteiger partial charge in [-0.3, -0.25) is 0 Å². The first kappa shape index (κ1) is 16.2. The maximum absolute atomic E-state index is 11.8. The van der Waals surface area contributed by atoms with Crippen LogP contribution in [0.25, 0.3) is 0 Å². The van der Waals surface area contributed by atoms with Crippen LogP contribution in [0, 0.1) is 5.92 Å². The first-order valence-electron chi connectivity index (χ1n) is 5.55. The molecule has 0 heterocycles. The van der Waals surface area contributed by atoms with Crippen molar-refractivity contribution in [3.05, 3.63) is 0 Å². The highest BCUT2D eigenvalue weighted by Gasteiger charge is 2.20. The minimum absolute atomic E-state index is 0.0217. The Hall–Kier alpha value is 0.160. The average Bonchev–Trinajstić information content (AvgIpc) is 2.23. The molecule has 0 spiro atoms. The van der Waals surface area contributed by atoms with Crippen molar-refractivity contribution in [1.82, 2.24) is 4.31 Å². The fourth-order valence-corrected chi connectivity index (χ4v) is 3.03. The molecule has 1 N–H and O–H groups in total. The molecule has 0 radical (unpaired) electrons. The Labute approximate surface area is 104 Å². The van der Waals surface area contributed by atoms with E-state index in [1.165, 1.54) is 4.31 Å². The molecule has 1 unspecified atom stereocenters. The molecular formula is C10H22ClNO3S. The molecule has 4 nitrogen and oxygen atoms in total. The number of aliphatic hydroxyl groups is 1. The van der Waals surface area contributed by atoms with Gasteiger partial charge in [0.15, 0.2) is 0 Å². The monoisotopic (exact) mass is 271 g/mol. The van der Waals surface area contributed by atoms with Crippen molar-refractivity contribution < 1.29 is 13.5 Å². The summed E-state index contributed by atoms with van der Waals surface area (Å²) in [7, 11) is -1.58. The summed E-state index contributed by atoms with van der Waals surface area (Å²) < 4.78 is 24.9. The van der Waals surface area contributed by atoms with E-state index in [0.717, 1.165) is 19.3 Å². The number of hydrogen-bond acceptors (Lipinski definition) is 3. The molecule has 0 aliphatic rings. The molecule has 0 aliphatic heterocycles. The number of hydrogen-bond donors (Lipinski definition) is 1. The average molecular weight is 272 g/mol. The Kier molecular flexibility index (Phi) is 8.36. The summed E-state index contributed by atoms with van der Waals surface area (Å²) >= 11 is 5.60. The van der Waals surface area contributed by atoms with Gasteiger partial charge in [0.25, 0.3) is 0 Å². The van der Waals surface area contributed by atoms with Crippen molar-refractivity contribution in [2.45, 2.75) is 26.2 Å². The van der Waals surface area contributed by atoms with Gasteiger partial charge in [0.05, 0.1) is 5.75 Å². The van der Waals surface area contributed by atoms with Crippen LogP contribution >= 0.6 is 11.6 Å². The molecule has 0 saturated carbocycles. The fraction of sp³-hybridized carbons (Fsp3) is 1.00. The van der Waals surface area contributed by atoms with Crippen LogP contribution < -0.4 is 0 Å². The highest BCUT2D eigenvalue weighted by Crippen LogP contribution is 2.08. The Morgan fingerprint density at radius 2 is 1.94 bits per heavy atom. The van der Waals surface area contributed by atoms with Crippen LogP contribution in [-0.2, 0) is 10.0 Å². The van der Waals surface area contributed by atoms with E-state index in [9.17, 15) is 8.42 Å². The smallest absolute Gasteiger partial charge is 0.214 e. The standard InChI is InChI=1S/C10H22ClNO3S/c1-10(8-11)9-16(14,15)12(2)6-4-3-5-7-13/h10,13H,3-9H2,1-2H3. The van der Waals surface area contributed by atoms with Gasteiger partial charge < -0.3 is 5.11 Å². The molecule has 6 heteroatoms. The van der Waals surface area contributed by atoms with Gasteiger partial charge >= 0.3 is 0 Å². The third kappa shape index (κ3) is 6.68. The van der Waals surface area contributed by atoms with Gasteiger partial charge in [-0.2, -0.15) is 0 Å². The van der Waals surface area contributed by atoms with E-state index in [4.69, 9.17) is 16.7 Å². The van der Waals surface area contributed by atoms with E-state index in [2.05, 4.69) is 0 Å². The number of sulfonamides is 1. The predicted molar refractivity (Wildman–Crippen MR) is 67.2 cm³/mol. The molecule has 0 bridgehead atoms. The Balaban J connectivity index is 4.00. The Morgan fingerprint density at radius 3 is 2.44 bits per heavy atom. The van der Waals surface area contributed by atoms with Crippen molar-refractivity contribution in [1.29, 1.82) is 0 Å². The molecule has 98 valence electrons. The van der Waals surface area contributed by atoms with E-state index >= 15 is 0 Å². The molecule has 16 heavy (non-hydrogen) atoms. The summed E-state index contributed by atoms with van der Waals surface area (Å²) in [4.78, 5) is 0. The van der Waals surface area contributed by atoms with Gasteiger partial charge in [0.1, 0.15) is 0 Å². The van der Waals surface area contributed by atoms with E-state index in [1.54, 1.807) is 7.05 Å². The van der Waals surface area contributed by atoms with E-state index in [0.29, 0.717) is 12.4 Å². The number of unbranched alkanes of at least 4 members (excludes halogenated alkanes) is 2. The number of rotatable bonds is 9. The highest BCUT2D eigenvalue weighted by molar-refractivity contribution is 7.89. The van der Waals surface area contributed by atoms with Gasteiger partial charge in [-0.05, 0) is 25.2 Å². The van der Waals surface area contributed by atoms with Crippen molar-refractivity contribution in [2.75, 3.05) is 31.8 Å². The van der Waals surface area contributed by atoms with Crippen LogP contribution in [0.2, 0.25) is 0 Å². The molecule has 1 atom stereocenters. The quantitative estimate of drug-likeness (QED) is 0.508. The normalized spacial score (nSPS) is 14.3. The lowest BCUT2D eigenvalue weighted by Crippen LogP contribution is -2.32. The minimum atomic E-state index is -3.17. The Bertz CT molecular complexity index is 269. The molecule has 0 aliphatic carbocycles. The van der Waals surface area contributed by atoms with Crippen LogP contribution in [-0.4, -0.2) is 49.7 Å². The molecule has 0 fully saturated rings. The minimum Gasteiger partial charge on any atom is -0.396 e. The molecule has 0 amide bonds. The zero-order chi connectivity index (χ0) is 12.6. The summed E-state index contributed by atoms with van der Waals surface area (Å²) in [6.07, 6.45) is 2.36. The van der Waals surface area contributed by atoms with Crippen molar-refractivity contribution in [3.8, 4) is 0 Å². The first-order valence-corrected chi connectivity index (χ1v) is 7.69. The molecule has 0 saturated heterocycles. The first-order chi connectivity index (χ1) is 7.44. The van der Waals surface area contributed by atoms with Crippen LogP contribution in [0.3, 0.4) is 0 Å². The second kappa shape index (κ2) is 8.28. The summed E-state index contributed by atoms with van der Waals surface area (Å²) in [5, 5.41) is 8.60. The fourth-order valence-electron chi connectivity index (χ4n) is 1.29. The second-order valence-electron chi connectivity index (χ2n) is 4.14. The van der Waals surface area contributed by atoms with Gasteiger partial charge in [-0.15, -0.1) is 11.6 Å². The van der Waals surface area contributed by atoms with Gasteiger partial charge in [0.2, 0.25) is 10.0 Å². The van der Waals surface area contributed by atoms with Crippen LogP contribution in [0.4, 0.5) is 0 Å². The van der Waals surface area contributed by atoms with Gasteiger partial charge in [-0.25, -0.2) is 12.7 Å². The molecule has 0 aromatic heterocycles. The summed E-state index contributed by atoms with van der Waals surface area (Å²) in [5.74, 6) is 0.441. The number of aliphatic hydroxyl groups excluding tert-OH is 1. The molecule has 0 aromatic carbocycles. The summed E-state index contributed by atoms with van der Waals surface area (Å²) in [6, 6.07) is 0. The number of nitrogens with zero attached hydrogens (tertiary/aromatic N) is 1. The predicted octanol–water partition coefficient (Wildman–Crippen LogP) is 1.29. The Morgan fingerprint density at radius 1 is 1.31 bits per heavy atom. The maximum Gasteiger partial charge on any atom is 0.214 e. The van der Waals surface area contributed by atoms with Crippen LogP contribution in [0.1, 0.15) is 26.2 Å². The van der Waals surface area contributed by atoms with Crippen molar-refractivity contribution >= 4 is 21.6 Å². The summed E-state index contributed by atoms with van der Waals surface area (Å²) in [6.45, 7) is 2.50. The van der Waals surface area contributed by atoms with E-state index in [1.807, 2.05) is 6.92 Å². The van der Waals surface area contributed by atoms with Crippen LogP contribution in [0.15, 0.2) is 0 Å². The zero-order valence-corrected chi connectivity index (χ0v) is 11.6. The molecular weight excluding hydrogens is 250 g/mol. The summed E-state index contributed by atoms with van der Waals surface area (Å²) in [5.41, 5.74) is 0. The highest BCUT2D eigenvalue weighted by atomic mass is 35.5. The number of halogens is 1. The zero-order valence-electron chi connectivity index (χ0n) is 10.0. The van der Waals surface area contributed by atoms with Gasteiger partial charge in [0, 0.05) is 26.1 Å². The largest absolute Gasteiger partial charge is 0.396 e. The van der Waals surface area contributed by atoms with E-state index in [-0.39, 0.29) is 18.3 Å². The lowest BCUT2D eigenvalue weighted by atomic mass is 10.2. The maximum atomic E-state index is 11.8. The number of alkyl halides is 1. The lowest BCUT2D eigenvalue weighted by Gasteiger charge is -2.18. The lowest BCUT2D eigenvalue weighted by molar-refractivity contribution is 0.281. The van der Waals surface area contributed by atoms with Crippen molar-refractivity contribution in [2.24, 2.45) is 5.92 Å². The molecule has 0 aromatic rings. The van der Waals surface area contributed by atoms with E-state index < -0.39 is 10.0 Å². The topological polar surface area (TPSA) is 57.6 Å². The third-order valence-corrected chi connectivity index (χ3v) is 5.01.